The molecule has 0 aromatic heterocycles. The van der Waals surface area contributed by atoms with Crippen molar-refractivity contribution in [3.8, 4) is 0 Å². The van der Waals surface area contributed by atoms with Crippen molar-refractivity contribution >= 4 is 37.3 Å². The van der Waals surface area contributed by atoms with Crippen LogP contribution < -0.4 is 10.0 Å². The summed E-state index contributed by atoms with van der Waals surface area (Å²) in [7, 11) is -7.26. The summed E-state index contributed by atoms with van der Waals surface area (Å²) < 4.78 is 55.5. The maximum atomic E-state index is 13.0. The summed E-state index contributed by atoms with van der Waals surface area (Å²) in [5, 5.41) is 2.81. The predicted molar refractivity (Wildman–Crippen MR) is 155 cm³/mol. The van der Waals surface area contributed by atoms with E-state index in [1.54, 1.807) is 12.1 Å². The molecule has 208 valence electrons. The van der Waals surface area contributed by atoms with Crippen LogP contribution >= 0.6 is 0 Å². The number of piperidine rings is 1. The third-order valence-corrected chi connectivity index (χ3v) is 10.4. The predicted octanol–water partition coefficient (Wildman–Crippen LogP) is 4.72. The highest BCUT2D eigenvalue weighted by Crippen LogP contribution is 2.24. The average molecular weight is 570 g/mol. The first-order chi connectivity index (χ1) is 18.5. The third-order valence-electron chi connectivity index (χ3n) is 7.05. The van der Waals surface area contributed by atoms with E-state index >= 15 is 0 Å². The number of aryl methyl sites for hydroxylation is 3. The van der Waals surface area contributed by atoms with Gasteiger partial charge in [0.05, 0.1) is 16.6 Å². The van der Waals surface area contributed by atoms with Crippen LogP contribution in [0.25, 0.3) is 0 Å². The lowest BCUT2D eigenvalue weighted by Crippen LogP contribution is -2.44. The second-order valence-electron chi connectivity index (χ2n) is 10.0. The Morgan fingerprint density at radius 3 is 2.28 bits per heavy atom. The number of hydrogen-bond acceptors (Lipinski definition) is 5. The molecular weight excluding hydrogens is 534 g/mol. The van der Waals surface area contributed by atoms with Crippen LogP contribution in [0.3, 0.4) is 0 Å². The highest BCUT2D eigenvalue weighted by Gasteiger charge is 2.32. The molecule has 1 heterocycles. The Morgan fingerprint density at radius 1 is 0.897 bits per heavy atom. The molecule has 3 aromatic rings. The monoisotopic (exact) mass is 569 g/mol. The summed E-state index contributed by atoms with van der Waals surface area (Å²) in [6.45, 7) is 4.43. The molecule has 1 aliphatic heterocycles. The zero-order chi connectivity index (χ0) is 28.0. The molecule has 0 saturated carbocycles. The standard InChI is InChI=1S/C29H35N3O5S2/c1-22-12-13-27(20-23(22)2)31-39(36,37)28-16-14-26(15-17-28)30-29(33)25-11-6-18-32(21-25)38(34,35)19-7-10-24-8-4-3-5-9-24/h3-5,8-9,12-17,20,25,31H,6-7,10-11,18-19,21H2,1-2H3,(H,30,33). The minimum absolute atomic E-state index is 0.0440. The fraction of sp³-hybridized carbons (Fsp3) is 0.345. The molecule has 10 heteroatoms. The van der Waals surface area contributed by atoms with Crippen molar-refractivity contribution in [2.75, 3.05) is 28.9 Å². The lowest BCUT2D eigenvalue weighted by Gasteiger charge is -2.31. The van der Waals surface area contributed by atoms with Gasteiger partial charge in [0.15, 0.2) is 0 Å². The molecule has 1 aliphatic rings. The highest BCUT2D eigenvalue weighted by molar-refractivity contribution is 7.92. The number of anilines is 2. The van der Waals surface area contributed by atoms with Crippen molar-refractivity contribution in [3.05, 3.63) is 89.5 Å². The van der Waals surface area contributed by atoms with Gasteiger partial charge in [0.2, 0.25) is 15.9 Å². The summed E-state index contributed by atoms with van der Waals surface area (Å²) >= 11 is 0. The minimum atomic E-state index is -3.79. The quantitative estimate of drug-likeness (QED) is 0.367. The lowest BCUT2D eigenvalue weighted by atomic mass is 9.99. The molecule has 8 nitrogen and oxygen atoms in total. The van der Waals surface area contributed by atoms with E-state index in [1.807, 2.05) is 50.2 Å². The molecule has 0 aliphatic carbocycles. The van der Waals surface area contributed by atoms with Gasteiger partial charge >= 0.3 is 0 Å². The Bertz CT molecular complexity index is 1510. The first-order valence-corrected chi connectivity index (χ1v) is 16.2. The number of carbonyl (C=O) groups is 1. The number of benzene rings is 3. The van der Waals surface area contributed by atoms with E-state index in [-0.39, 0.29) is 23.1 Å². The summed E-state index contributed by atoms with van der Waals surface area (Å²) in [6, 6.07) is 21.1. The van der Waals surface area contributed by atoms with Crippen molar-refractivity contribution in [1.29, 1.82) is 0 Å². The molecule has 0 radical (unpaired) electrons. The topological polar surface area (TPSA) is 113 Å². The maximum absolute atomic E-state index is 13.0. The number of nitrogens with zero attached hydrogens (tertiary/aromatic N) is 1. The van der Waals surface area contributed by atoms with E-state index in [0.29, 0.717) is 43.6 Å². The maximum Gasteiger partial charge on any atom is 0.261 e. The van der Waals surface area contributed by atoms with Gasteiger partial charge in [0.1, 0.15) is 0 Å². The van der Waals surface area contributed by atoms with Gasteiger partial charge in [-0.05, 0) is 92.6 Å². The van der Waals surface area contributed by atoms with Crippen LogP contribution in [0.15, 0.2) is 77.7 Å². The van der Waals surface area contributed by atoms with Crippen LogP contribution in [0.4, 0.5) is 11.4 Å². The third kappa shape index (κ3) is 7.68. The molecular formula is C29H35N3O5S2. The van der Waals surface area contributed by atoms with Gasteiger partial charge in [0.25, 0.3) is 10.0 Å². The van der Waals surface area contributed by atoms with E-state index < -0.39 is 26.0 Å². The van der Waals surface area contributed by atoms with E-state index in [0.717, 1.165) is 16.7 Å². The molecule has 39 heavy (non-hydrogen) atoms. The SMILES string of the molecule is Cc1ccc(NS(=O)(=O)c2ccc(NC(=O)C3CCCN(S(=O)(=O)CCCc4ccccc4)C3)cc2)cc1C. The number of amides is 1. The van der Waals surface area contributed by atoms with Crippen molar-refractivity contribution in [2.45, 2.75) is 44.4 Å². The number of rotatable bonds is 10. The second kappa shape index (κ2) is 12.3. The van der Waals surface area contributed by atoms with E-state index in [1.165, 1.54) is 28.6 Å². The average Bonchev–Trinajstić information content (AvgIpc) is 2.91. The number of carbonyl (C=O) groups excluding carboxylic acids is 1. The van der Waals surface area contributed by atoms with Gasteiger partial charge in [0, 0.05) is 24.5 Å². The molecule has 1 saturated heterocycles. The van der Waals surface area contributed by atoms with Gasteiger partial charge in [-0.3, -0.25) is 9.52 Å². The van der Waals surface area contributed by atoms with Gasteiger partial charge < -0.3 is 5.32 Å². The summed E-state index contributed by atoms with van der Waals surface area (Å²) in [6.07, 6.45) is 2.41. The molecule has 1 atom stereocenters. The lowest BCUT2D eigenvalue weighted by molar-refractivity contribution is -0.120. The fourth-order valence-electron chi connectivity index (χ4n) is 4.62. The van der Waals surface area contributed by atoms with E-state index in [9.17, 15) is 21.6 Å². The molecule has 0 spiro atoms. The Balaban J connectivity index is 1.32. The first-order valence-electron chi connectivity index (χ1n) is 13.1. The van der Waals surface area contributed by atoms with E-state index in [2.05, 4.69) is 10.0 Å². The molecule has 0 bridgehead atoms. The summed E-state index contributed by atoms with van der Waals surface area (Å²) in [5.41, 5.74) is 4.08. The Labute approximate surface area is 231 Å². The largest absolute Gasteiger partial charge is 0.326 e. The van der Waals surface area contributed by atoms with Crippen LogP contribution in [0, 0.1) is 19.8 Å². The van der Waals surface area contributed by atoms with Gasteiger partial charge in [-0.2, -0.15) is 0 Å². The molecule has 1 amide bonds. The van der Waals surface area contributed by atoms with Crippen LogP contribution in [-0.4, -0.2) is 45.9 Å². The fourth-order valence-corrected chi connectivity index (χ4v) is 7.25. The van der Waals surface area contributed by atoms with Crippen molar-refractivity contribution in [3.63, 3.8) is 0 Å². The van der Waals surface area contributed by atoms with Gasteiger partial charge in [-0.1, -0.05) is 36.4 Å². The molecule has 4 rings (SSSR count). The van der Waals surface area contributed by atoms with Crippen LogP contribution in [0.2, 0.25) is 0 Å². The van der Waals surface area contributed by atoms with E-state index in [4.69, 9.17) is 0 Å². The van der Waals surface area contributed by atoms with Crippen LogP contribution in [0.1, 0.15) is 36.0 Å². The Kier molecular flexibility index (Phi) is 9.09. The minimum Gasteiger partial charge on any atom is -0.326 e. The molecule has 1 unspecified atom stereocenters. The zero-order valence-electron chi connectivity index (χ0n) is 22.3. The van der Waals surface area contributed by atoms with Crippen molar-refractivity contribution in [1.82, 2.24) is 4.31 Å². The summed E-state index contributed by atoms with van der Waals surface area (Å²) in [5.74, 6) is -0.705. The second-order valence-corrected chi connectivity index (χ2v) is 13.8. The van der Waals surface area contributed by atoms with Gasteiger partial charge in [-0.15, -0.1) is 0 Å². The van der Waals surface area contributed by atoms with Crippen LogP contribution in [0.5, 0.6) is 0 Å². The zero-order valence-corrected chi connectivity index (χ0v) is 23.9. The molecule has 1 fully saturated rings. The molecule has 3 aromatic carbocycles. The van der Waals surface area contributed by atoms with Crippen LogP contribution in [-0.2, 0) is 31.3 Å². The smallest absolute Gasteiger partial charge is 0.261 e. The Hall–Kier alpha value is -3.21. The first kappa shape index (κ1) is 28.8. The number of nitrogens with one attached hydrogen (secondary N) is 2. The summed E-state index contributed by atoms with van der Waals surface area (Å²) in [4.78, 5) is 13.0. The number of sulfonamides is 2. The van der Waals surface area contributed by atoms with Crippen molar-refractivity contribution in [2.24, 2.45) is 5.92 Å². The Morgan fingerprint density at radius 2 is 1.59 bits per heavy atom. The normalized spacial score (nSPS) is 16.5. The highest BCUT2D eigenvalue weighted by atomic mass is 32.2. The van der Waals surface area contributed by atoms with Crippen molar-refractivity contribution < 1.29 is 21.6 Å². The van der Waals surface area contributed by atoms with Gasteiger partial charge in [-0.25, -0.2) is 21.1 Å². The number of hydrogen-bond donors (Lipinski definition) is 2. The molecule has 2 N–H and O–H groups in total.